The second-order valence-electron chi connectivity index (χ2n) is 22.7. The number of carbonyl (C=O) groups is 1. The Morgan fingerprint density at radius 2 is 1.58 bits per heavy atom. The van der Waals surface area contributed by atoms with E-state index in [9.17, 15) is 0 Å². The van der Waals surface area contributed by atoms with Crippen molar-refractivity contribution in [2.75, 3.05) is 47.9 Å². The molecule has 12 atom stereocenters. The Bertz CT molecular complexity index is 2730. The van der Waals surface area contributed by atoms with Crippen molar-refractivity contribution < 1.29 is 14.3 Å². The molecule has 13 heteroatoms. The minimum absolute atomic E-state index is 0.0141. The fourth-order valence-electron chi connectivity index (χ4n) is 15.1. The molecule has 6 fully saturated rings. The molecule has 6 heterocycles. The molecule has 1 aromatic heterocycles. The highest BCUT2D eigenvalue weighted by atomic mass is 35.5. The zero-order valence-electron chi connectivity index (χ0n) is 43.4. The molecule has 11 nitrogen and oxygen atoms in total. The number of Topliss-reactive ketones (excluding diaryl/α,β-unsaturated/α-hetero) is 1. The maximum atomic E-state index is 17.6. The summed E-state index contributed by atoms with van der Waals surface area (Å²) in [5.74, 6) is 3.49. The molecule has 0 amide bonds. The molecule has 1 spiro atoms. The largest absolute Gasteiger partial charge is 0.457 e. The van der Waals surface area contributed by atoms with Crippen LogP contribution < -0.4 is 15.4 Å². The van der Waals surface area contributed by atoms with Gasteiger partial charge in [-0.3, -0.25) is 19.5 Å². The number of ketones is 1. The fraction of sp³-hybridized carbons (Fsp3) is 0.525. The molecule has 6 aliphatic rings. The number of benzene rings is 4. The Balaban J connectivity index is 1.03. The zero-order valence-corrected chi connectivity index (χ0v) is 44.9. The number of aromatic nitrogens is 2. The van der Waals surface area contributed by atoms with Gasteiger partial charge in [-0.2, -0.15) is 0 Å². The number of rotatable bonds is 13. The number of likely N-dealkylation sites (tertiary alicyclic amines) is 2. The van der Waals surface area contributed by atoms with Crippen molar-refractivity contribution in [3.63, 3.8) is 0 Å². The van der Waals surface area contributed by atoms with Crippen LogP contribution in [0.3, 0.4) is 0 Å². The molecule has 382 valence electrons. The highest BCUT2D eigenvalue weighted by molar-refractivity contribution is 6.31. The van der Waals surface area contributed by atoms with E-state index in [-0.39, 0.29) is 60.3 Å². The van der Waals surface area contributed by atoms with E-state index in [2.05, 4.69) is 151 Å². The van der Waals surface area contributed by atoms with Crippen molar-refractivity contribution in [2.45, 2.75) is 120 Å². The number of nitrogens with zero attached hydrogens (tertiary/aromatic N) is 6. The molecular weight excluding hydrogens is 940 g/mol. The lowest BCUT2D eigenvalue weighted by Gasteiger charge is -2.58. The number of likely N-dealkylation sites (N-methyl/N-ethyl adjacent to an activating group) is 2. The Labute approximate surface area is 437 Å². The zero-order chi connectivity index (χ0) is 50.2. The fourth-order valence-corrected chi connectivity index (χ4v) is 15.4. The monoisotopic (exact) mass is 1010 g/mol. The van der Waals surface area contributed by atoms with Crippen LogP contribution in [0.2, 0.25) is 10.0 Å². The average molecular weight is 1010 g/mol. The van der Waals surface area contributed by atoms with Crippen LogP contribution in [-0.4, -0.2) is 137 Å². The van der Waals surface area contributed by atoms with Crippen molar-refractivity contribution in [3.05, 3.63) is 136 Å². The number of hydrogen-bond donors (Lipinski definition) is 2. The number of carbonyl (C=O) groups excluding carboxylic acids is 1. The summed E-state index contributed by atoms with van der Waals surface area (Å²) in [6.07, 6.45) is 6.27. The predicted octanol–water partition coefficient (Wildman–Crippen LogP) is 9.00. The molecule has 5 aromatic rings. The third-order valence-corrected chi connectivity index (χ3v) is 19.2. The van der Waals surface area contributed by atoms with Gasteiger partial charge in [0, 0.05) is 102 Å². The van der Waals surface area contributed by atoms with Gasteiger partial charge in [0.2, 0.25) is 0 Å². The number of nitrogens with one attached hydrogen (secondary N) is 2. The molecular formula is C59H74Cl2N8O3. The van der Waals surface area contributed by atoms with Gasteiger partial charge in [-0.15, -0.1) is 0 Å². The molecule has 0 radical (unpaired) electrons. The average Bonchev–Trinajstić information content (AvgIpc) is 4.00. The number of halogens is 2. The first-order valence-electron chi connectivity index (χ1n) is 26.5. The maximum absolute atomic E-state index is 17.6. The van der Waals surface area contributed by atoms with Crippen LogP contribution in [-0.2, 0) is 42.5 Å². The van der Waals surface area contributed by atoms with E-state index in [0.717, 1.165) is 84.4 Å². The van der Waals surface area contributed by atoms with Gasteiger partial charge >= 0.3 is 0 Å². The molecule has 7 unspecified atom stereocenters. The quantitative estimate of drug-likeness (QED) is 0.119. The van der Waals surface area contributed by atoms with Crippen LogP contribution in [0.4, 0.5) is 0 Å². The second-order valence-corrected chi connectivity index (χ2v) is 23.6. The second kappa shape index (κ2) is 19.9. The lowest BCUT2D eigenvalue weighted by Crippen LogP contribution is -2.74. The Morgan fingerprint density at radius 1 is 0.861 bits per heavy atom. The third-order valence-electron chi connectivity index (χ3n) is 18.7. The van der Waals surface area contributed by atoms with E-state index < -0.39 is 10.8 Å². The van der Waals surface area contributed by atoms with Crippen molar-refractivity contribution in [1.29, 1.82) is 0 Å². The number of imidazole rings is 1. The minimum atomic E-state index is -0.735. The van der Waals surface area contributed by atoms with Gasteiger partial charge in [0.15, 0.2) is 5.78 Å². The molecule has 4 aromatic carbocycles. The van der Waals surface area contributed by atoms with Crippen LogP contribution in [0.15, 0.2) is 103 Å². The molecule has 11 rings (SSSR count). The van der Waals surface area contributed by atoms with Gasteiger partial charge in [0.05, 0.1) is 42.5 Å². The first kappa shape index (κ1) is 50.0. The van der Waals surface area contributed by atoms with Crippen LogP contribution in [0.5, 0.6) is 11.5 Å². The molecule has 5 aliphatic heterocycles. The van der Waals surface area contributed by atoms with E-state index in [0.29, 0.717) is 36.5 Å². The third kappa shape index (κ3) is 8.38. The van der Waals surface area contributed by atoms with Crippen molar-refractivity contribution in [3.8, 4) is 22.8 Å². The number of piperidine rings is 1. The topological polar surface area (TPSA) is 90.4 Å². The van der Waals surface area contributed by atoms with E-state index in [1.54, 1.807) is 0 Å². The Kier molecular flexibility index (Phi) is 13.8. The lowest BCUT2D eigenvalue weighted by atomic mass is 9.54. The van der Waals surface area contributed by atoms with Crippen LogP contribution >= 0.6 is 23.2 Å². The Hall–Kier alpha value is -4.14. The highest BCUT2D eigenvalue weighted by Crippen LogP contribution is 2.63. The molecule has 2 N–H and O–H groups in total. The summed E-state index contributed by atoms with van der Waals surface area (Å²) in [4.78, 5) is 32.5. The van der Waals surface area contributed by atoms with Crippen LogP contribution in [0, 0.1) is 22.7 Å². The molecule has 5 saturated heterocycles. The van der Waals surface area contributed by atoms with E-state index in [1.807, 2.05) is 42.6 Å². The van der Waals surface area contributed by atoms with Crippen LogP contribution in [0.25, 0.3) is 11.3 Å². The molecule has 2 bridgehead atoms. The summed E-state index contributed by atoms with van der Waals surface area (Å²) >= 11 is 13.3. The van der Waals surface area contributed by atoms with Crippen molar-refractivity contribution >= 4 is 29.0 Å². The number of ether oxygens (including phenoxy) is 2. The van der Waals surface area contributed by atoms with E-state index in [4.69, 9.17) is 37.7 Å². The summed E-state index contributed by atoms with van der Waals surface area (Å²) in [5, 5.41) is 10.0. The van der Waals surface area contributed by atoms with Crippen molar-refractivity contribution in [2.24, 2.45) is 29.7 Å². The maximum Gasteiger partial charge on any atom is 0.153 e. The summed E-state index contributed by atoms with van der Waals surface area (Å²) in [7, 11) is 10.9. The summed E-state index contributed by atoms with van der Waals surface area (Å²) in [6, 6.07) is 34.0. The normalized spacial score (nSPS) is 33.0. The van der Waals surface area contributed by atoms with Gasteiger partial charge in [-0.05, 0) is 140 Å². The Morgan fingerprint density at radius 3 is 2.28 bits per heavy atom. The SMILES string of the molecule is CCC12C(=O)C34C5C[C@H](Cc6ccc(Cl)cc6)N(C)C3[C@H](C3COC3)NC4[C@H](C)N(Cc3ccc(Cl)cc3Oc3ccc(-c4cnc(CN(C)C)n4C)cc3)C1C[C@@H](Cc1ccccc1)C2N(C)[C@@H](C)CN5. The van der Waals surface area contributed by atoms with Crippen molar-refractivity contribution in [1.82, 2.24) is 39.8 Å². The highest BCUT2D eigenvalue weighted by Gasteiger charge is 2.77. The van der Waals surface area contributed by atoms with Gasteiger partial charge in [-0.25, -0.2) is 4.98 Å². The van der Waals surface area contributed by atoms with Gasteiger partial charge in [0.25, 0.3) is 0 Å². The summed E-state index contributed by atoms with van der Waals surface area (Å²) < 4.78 is 15.1. The standard InChI is InChI=1S/C59H74Cl2N8O3/c1-9-58-51-27-42(25-38-13-11-10-12-14-38)55(58)66(6)36(2)30-62-50-29-46(26-39-15-20-44(60)21-16-39)67(7)56-53(43-34-71-35-43)64-54(59(50,56)57(58)70)37(3)69(51)32-41-17-22-45(61)28-49(41)72-47-23-18-40(19-24-47)48-31-63-52(68(48)8)33-65(4)5/h10-24,28,31,36-37,42-43,46,50-51,53-56,62,64H,9,25-27,29-30,32-35H2,1-8H3/t36-,37-,42+,46-,50?,51?,53-,54?,55?,56?,58?,59?/m0/s1. The molecule has 1 aliphatic carbocycles. The van der Waals surface area contributed by atoms with E-state index >= 15 is 4.79 Å². The van der Waals surface area contributed by atoms with Gasteiger partial charge in [-0.1, -0.05) is 78.7 Å². The first-order valence-corrected chi connectivity index (χ1v) is 27.3. The summed E-state index contributed by atoms with van der Waals surface area (Å²) in [6.45, 7) is 10.7. The molecule has 72 heavy (non-hydrogen) atoms. The van der Waals surface area contributed by atoms with Crippen LogP contribution in [0.1, 0.15) is 62.5 Å². The first-order chi connectivity index (χ1) is 34.7. The minimum Gasteiger partial charge on any atom is -0.457 e. The smallest absolute Gasteiger partial charge is 0.153 e. The summed E-state index contributed by atoms with van der Waals surface area (Å²) in [5.41, 5.74) is 4.35. The number of hydrogen-bond acceptors (Lipinski definition) is 10. The predicted molar refractivity (Wildman–Crippen MR) is 288 cm³/mol. The van der Waals surface area contributed by atoms with E-state index in [1.165, 1.54) is 11.1 Å². The molecule has 1 saturated carbocycles. The lowest BCUT2D eigenvalue weighted by molar-refractivity contribution is -0.156. The van der Waals surface area contributed by atoms with Gasteiger partial charge < -0.3 is 29.6 Å². The van der Waals surface area contributed by atoms with Gasteiger partial charge in [0.1, 0.15) is 17.3 Å².